The molecule has 1 fully saturated rings. The van der Waals surface area contributed by atoms with Crippen LogP contribution >= 0.6 is 0 Å². The maximum Gasteiger partial charge on any atom is 0.410 e. The Bertz CT molecular complexity index is 1320. The van der Waals surface area contributed by atoms with Crippen LogP contribution in [0.5, 0.6) is 11.5 Å². The zero-order chi connectivity index (χ0) is 27.3. The number of carbonyl (C=O) groups excluding carboxylic acids is 2. The van der Waals surface area contributed by atoms with E-state index in [9.17, 15) is 14.9 Å². The number of likely N-dealkylation sites (tertiary alicyclic amines) is 1. The van der Waals surface area contributed by atoms with Gasteiger partial charge in [0.05, 0.1) is 19.2 Å². The average molecular weight is 517 g/mol. The van der Waals surface area contributed by atoms with E-state index in [0.29, 0.717) is 29.3 Å². The van der Waals surface area contributed by atoms with Crippen molar-refractivity contribution in [1.29, 1.82) is 5.26 Å². The zero-order valence-electron chi connectivity index (χ0n) is 22.1. The van der Waals surface area contributed by atoms with Crippen LogP contribution in [-0.4, -0.2) is 51.5 Å². The number of hydrogen-bond acceptors (Lipinski definition) is 7. The largest absolute Gasteiger partial charge is 0.461 e. The van der Waals surface area contributed by atoms with Crippen molar-refractivity contribution in [1.82, 2.24) is 14.7 Å². The highest BCUT2D eigenvalue weighted by molar-refractivity contribution is 5.93. The summed E-state index contributed by atoms with van der Waals surface area (Å²) in [5.41, 5.74) is 0.598. The number of esters is 1. The van der Waals surface area contributed by atoms with Crippen molar-refractivity contribution < 1.29 is 23.8 Å². The van der Waals surface area contributed by atoms with Gasteiger partial charge >= 0.3 is 12.1 Å². The summed E-state index contributed by atoms with van der Waals surface area (Å²) in [6.07, 6.45) is 1.13. The Morgan fingerprint density at radius 3 is 2.39 bits per heavy atom. The lowest BCUT2D eigenvalue weighted by molar-refractivity contribution is 0.0211. The molecule has 1 aliphatic heterocycles. The minimum atomic E-state index is -0.631. The van der Waals surface area contributed by atoms with Crippen LogP contribution in [0.2, 0.25) is 0 Å². The fraction of sp³-hybridized carbons (Fsp3) is 0.379. The molecule has 0 radical (unpaired) electrons. The lowest BCUT2D eigenvalue weighted by Crippen LogP contribution is -2.42. The Morgan fingerprint density at radius 1 is 1.08 bits per heavy atom. The van der Waals surface area contributed by atoms with Crippen LogP contribution in [0.1, 0.15) is 56.6 Å². The molecule has 0 bridgehead atoms. The Labute approximate surface area is 222 Å². The minimum Gasteiger partial charge on any atom is -0.461 e. The monoisotopic (exact) mass is 516 g/mol. The van der Waals surface area contributed by atoms with E-state index >= 15 is 0 Å². The van der Waals surface area contributed by atoms with Crippen LogP contribution in [-0.2, 0) is 16.0 Å². The molecule has 0 saturated carbocycles. The summed E-state index contributed by atoms with van der Waals surface area (Å²) in [6.45, 7) is 8.12. The number of nitriles is 1. The van der Waals surface area contributed by atoms with Crippen LogP contribution in [0.3, 0.4) is 0 Å². The molecule has 1 aliphatic rings. The van der Waals surface area contributed by atoms with Gasteiger partial charge in [-0.15, -0.1) is 0 Å². The quantitative estimate of drug-likeness (QED) is 0.366. The molecule has 0 unspecified atom stereocenters. The van der Waals surface area contributed by atoms with Gasteiger partial charge in [-0.2, -0.15) is 10.4 Å². The number of benzene rings is 2. The summed E-state index contributed by atoms with van der Waals surface area (Å²) < 4.78 is 18.2. The van der Waals surface area contributed by atoms with Crippen molar-refractivity contribution in [2.24, 2.45) is 0 Å². The smallest absolute Gasteiger partial charge is 0.410 e. The summed E-state index contributed by atoms with van der Waals surface area (Å²) in [6, 6.07) is 18.5. The third-order valence-corrected chi connectivity index (χ3v) is 6.03. The van der Waals surface area contributed by atoms with Gasteiger partial charge in [0.15, 0.2) is 5.69 Å². The molecule has 4 rings (SSSR count). The van der Waals surface area contributed by atoms with Crippen LogP contribution in [0.4, 0.5) is 4.79 Å². The third kappa shape index (κ3) is 6.14. The molecule has 1 amide bonds. The van der Waals surface area contributed by atoms with E-state index in [1.807, 2.05) is 51.1 Å². The number of ether oxygens (including phenoxy) is 3. The zero-order valence-corrected chi connectivity index (χ0v) is 22.1. The lowest BCUT2D eigenvalue weighted by atomic mass is 10.1. The van der Waals surface area contributed by atoms with Gasteiger partial charge in [0.1, 0.15) is 34.4 Å². The van der Waals surface area contributed by atoms with E-state index in [1.165, 1.54) is 4.68 Å². The number of para-hydroxylation sites is 1. The van der Waals surface area contributed by atoms with E-state index in [2.05, 4.69) is 11.2 Å². The maximum absolute atomic E-state index is 13.0. The fourth-order valence-electron chi connectivity index (χ4n) is 4.40. The van der Waals surface area contributed by atoms with E-state index in [0.717, 1.165) is 12.8 Å². The van der Waals surface area contributed by atoms with E-state index in [4.69, 9.17) is 14.2 Å². The fourth-order valence-corrected chi connectivity index (χ4v) is 4.40. The molecule has 0 N–H and O–H groups in total. The first-order valence-electron chi connectivity index (χ1n) is 12.7. The molecule has 1 saturated heterocycles. The van der Waals surface area contributed by atoms with Crippen LogP contribution in [0.25, 0.3) is 11.3 Å². The standard InChI is InChI=1S/C29H32N4O5/c1-5-36-27(34)26-24(18-30)25(20-13-15-23(16-14-20)37-22-11-7-6-8-12-22)31-33(26)19-21-10-9-17-32(21)28(35)38-29(2,3)4/h6-8,11-16,21H,5,9-10,17,19H2,1-4H3/t21-/m0/s1. The van der Waals surface area contributed by atoms with Crippen LogP contribution in [0, 0.1) is 11.3 Å². The number of carbonyl (C=O) groups is 2. The van der Waals surface area contributed by atoms with Crippen molar-refractivity contribution in [3.8, 4) is 28.8 Å². The maximum atomic E-state index is 13.0. The Balaban J connectivity index is 1.65. The third-order valence-electron chi connectivity index (χ3n) is 6.03. The first-order valence-corrected chi connectivity index (χ1v) is 12.7. The molecular formula is C29H32N4O5. The van der Waals surface area contributed by atoms with E-state index in [-0.39, 0.29) is 30.5 Å². The molecule has 3 aromatic rings. The molecule has 38 heavy (non-hydrogen) atoms. The SMILES string of the molecule is CCOC(=O)c1c(C#N)c(-c2ccc(Oc3ccccc3)cc2)nn1C[C@@H]1CCCN1C(=O)OC(C)(C)C. The second-order valence-corrected chi connectivity index (χ2v) is 10.00. The van der Waals surface area contributed by atoms with Gasteiger partial charge in [-0.05, 0) is 76.9 Å². The van der Waals surface area contributed by atoms with Crippen molar-refractivity contribution in [3.63, 3.8) is 0 Å². The highest BCUT2D eigenvalue weighted by Gasteiger charge is 2.35. The molecule has 0 aliphatic carbocycles. The normalized spacial score (nSPS) is 15.1. The van der Waals surface area contributed by atoms with Crippen molar-refractivity contribution in [2.75, 3.05) is 13.2 Å². The van der Waals surface area contributed by atoms with Gasteiger partial charge in [-0.1, -0.05) is 18.2 Å². The number of rotatable bonds is 7. The first-order chi connectivity index (χ1) is 18.2. The summed E-state index contributed by atoms with van der Waals surface area (Å²) in [4.78, 5) is 27.4. The second kappa shape index (κ2) is 11.4. The second-order valence-electron chi connectivity index (χ2n) is 10.00. The van der Waals surface area contributed by atoms with Gasteiger partial charge in [0.25, 0.3) is 0 Å². The summed E-state index contributed by atoms with van der Waals surface area (Å²) in [7, 11) is 0. The lowest BCUT2D eigenvalue weighted by Gasteiger charge is -2.28. The van der Waals surface area contributed by atoms with Crippen LogP contribution in [0.15, 0.2) is 54.6 Å². The summed E-state index contributed by atoms with van der Waals surface area (Å²) >= 11 is 0. The van der Waals surface area contributed by atoms with Gasteiger partial charge in [0.2, 0.25) is 0 Å². The first kappa shape index (κ1) is 26.7. The molecule has 1 atom stereocenters. The Hall–Kier alpha value is -4.32. The average Bonchev–Trinajstić information content (AvgIpc) is 3.49. The molecule has 0 spiro atoms. The molecular weight excluding hydrogens is 484 g/mol. The molecule has 2 aromatic carbocycles. The topological polar surface area (TPSA) is 107 Å². The van der Waals surface area contributed by atoms with E-state index in [1.54, 1.807) is 36.1 Å². The minimum absolute atomic E-state index is 0.0741. The van der Waals surface area contributed by atoms with Crippen molar-refractivity contribution >= 4 is 12.1 Å². The van der Waals surface area contributed by atoms with Gasteiger partial charge in [-0.25, -0.2) is 9.59 Å². The van der Waals surface area contributed by atoms with Gasteiger partial charge < -0.3 is 19.1 Å². The number of hydrogen-bond donors (Lipinski definition) is 0. The van der Waals surface area contributed by atoms with Crippen molar-refractivity contribution in [2.45, 2.75) is 58.7 Å². The van der Waals surface area contributed by atoms with E-state index < -0.39 is 17.7 Å². The Kier molecular flexibility index (Phi) is 8.01. The predicted molar refractivity (Wildman–Crippen MR) is 141 cm³/mol. The highest BCUT2D eigenvalue weighted by atomic mass is 16.6. The number of amides is 1. The molecule has 9 nitrogen and oxygen atoms in total. The number of aromatic nitrogens is 2. The summed E-state index contributed by atoms with van der Waals surface area (Å²) in [5.74, 6) is 0.703. The molecule has 1 aromatic heterocycles. The van der Waals surface area contributed by atoms with Crippen molar-refractivity contribution in [3.05, 3.63) is 65.9 Å². The Morgan fingerprint density at radius 2 is 1.76 bits per heavy atom. The van der Waals surface area contributed by atoms with Gasteiger partial charge in [-0.3, -0.25) is 4.68 Å². The van der Waals surface area contributed by atoms with Crippen LogP contribution < -0.4 is 4.74 Å². The molecule has 2 heterocycles. The highest BCUT2D eigenvalue weighted by Crippen LogP contribution is 2.30. The molecule has 9 heteroatoms. The van der Waals surface area contributed by atoms with Gasteiger partial charge in [0, 0.05) is 12.1 Å². The number of nitrogens with zero attached hydrogens (tertiary/aromatic N) is 4. The molecule has 198 valence electrons. The predicted octanol–water partition coefficient (Wildman–Crippen LogP) is 5.79. The summed E-state index contributed by atoms with van der Waals surface area (Å²) in [5, 5.41) is 14.7.